The average Bonchev–Trinajstić information content (AvgIpc) is 2.87. The van der Waals surface area contributed by atoms with Gasteiger partial charge in [-0.1, -0.05) is 24.6 Å². The van der Waals surface area contributed by atoms with Crippen molar-refractivity contribution in [3.8, 4) is 11.5 Å². The number of benzene rings is 3. The zero-order valence-corrected chi connectivity index (χ0v) is 22.3. The molecule has 2 unspecified atom stereocenters. The second-order valence-corrected chi connectivity index (χ2v) is 9.78. The third-order valence-electron chi connectivity index (χ3n) is 6.76. The van der Waals surface area contributed by atoms with E-state index in [-0.39, 0.29) is 18.4 Å². The summed E-state index contributed by atoms with van der Waals surface area (Å²) in [6.45, 7) is 4.41. The first-order chi connectivity index (χ1) is 17.3. The molecule has 7 heteroatoms. The minimum atomic E-state index is -0.396. The predicted octanol–water partition coefficient (Wildman–Crippen LogP) is 5.73. The molecule has 0 saturated carbocycles. The Kier molecular flexibility index (Phi) is 7.76. The van der Waals surface area contributed by atoms with Gasteiger partial charge in [-0.2, -0.15) is 0 Å². The largest absolute Gasteiger partial charge is 0.493 e. The maximum absolute atomic E-state index is 13.7. The van der Waals surface area contributed by atoms with Gasteiger partial charge in [0.2, 0.25) is 5.91 Å². The molecule has 190 valence electrons. The van der Waals surface area contributed by atoms with Crippen molar-refractivity contribution in [3.63, 3.8) is 0 Å². The number of fused-ring (bicyclic) bond motifs is 1. The van der Waals surface area contributed by atoms with Crippen LogP contribution in [0.15, 0.2) is 54.6 Å². The van der Waals surface area contributed by atoms with Gasteiger partial charge < -0.3 is 25.0 Å². The molecular weight excluding hydrogens is 474 g/mol. The first kappa shape index (κ1) is 25.9. The summed E-state index contributed by atoms with van der Waals surface area (Å²) >= 11 is 6.32. The van der Waals surface area contributed by atoms with E-state index in [0.717, 1.165) is 40.0 Å². The van der Waals surface area contributed by atoms with Crippen LogP contribution in [0.5, 0.6) is 11.5 Å². The number of rotatable bonds is 8. The quantitative estimate of drug-likeness (QED) is 0.421. The highest BCUT2D eigenvalue weighted by atomic mass is 35.5. The van der Waals surface area contributed by atoms with Gasteiger partial charge in [-0.15, -0.1) is 0 Å². The fourth-order valence-corrected chi connectivity index (χ4v) is 4.83. The lowest BCUT2D eigenvalue weighted by atomic mass is 9.85. The minimum absolute atomic E-state index is 0.000622. The number of ether oxygens (including phenoxy) is 2. The summed E-state index contributed by atoms with van der Waals surface area (Å²) in [7, 11) is 5.61. The number of hydrogen-bond acceptors (Lipinski definition) is 5. The highest BCUT2D eigenvalue weighted by molar-refractivity contribution is 6.30. The predicted molar refractivity (Wildman–Crippen MR) is 147 cm³/mol. The molecule has 0 aromatic heterocycles. The molecule has 0 radical (unpaired) electrons. The zero-order chi connectivity index (χ0) is 26.0. The van der Waals surface area contributed by atoms with Crippen LogP contribution in [0.25, 0.3) is 0 Å². The Morgan fingerprint density at radius 3 is 2.42 bits per heavy atom. The Hall–Kier alpha value is -3.22. The minimum Gasteiger partial charge on any atom is -0.493 e. The van der Waals surface area contributed by atoms with Gasteiger partial charge in [0.05, 0.1) is 25.7 Å². The third kappa shape index (κ3) is 5.01. The van der Waals surface area contributed by atoms with Crippen molar-refractivity contribution in [1.29, 1.82) is 0 Å². The van der Waals surface area contributed by atoms with Gasteiger partial charge in [-0.3, -0.25) is 4.79 Å². The molecule has 1 aliphatic heterocycles. The van der Waals surface area contributed by atoms with E-state index in [4.69, 9.17) is 26.8 Å². The third-order valence-corrected chi connectivity index (χ3v) is 6.99. The highest BCUT2D eigenvalue weighted by Gasteiger charge is 2.37. The van der Waals surface area contributed by atoms with Crippen LogP contribution in [0.2, 0.25) is 5.02 Å². The van der Waals surface area contributed by atoms with Crippen molar-refractivity contribution in [1.82, 2.24) is 0 Å². The molecule has 36 heavy (non-hydrogen) atoms. The van der Waals surface area contributed by atoms with E-state index in [9.17, 15) is 4.79 Å². The lowest BCUT2D eigenvalue weighted by Crippen LogP contribution is -2.41. The van der Waals surface area contributed by atoms with Gasteiger partial charge in [-0.25, -0.2) is 0 Å². The first-order valence-corrected chi connectivity index (χ1v) is 12.6. The molecule has 3 aromatic rings. The lowest BCUT2D eigenvalue weighted by Gasteiger charge is -2.39. The number of anilines is 2. The van der Waals surface area contributed by atoms with Gasteiger partial charge in [-0.05, 0) is 84.1 Å². The van der Waals surface area contributed by atoms with Crippen LogP contribution >= 0.6 is 11.6 Å². The van der Waals surface area contributed by atoms with Crippen molar-refractivity contribution in [2.24, 2.45) is 5.73 Å². The first-order valence-electron chi connectivity index (χ1n) is 12.2. The molecule has 1 amide bonds. The van der Waals surface area contributed by atoms with Gasteiger partial charge in [0.15, 0.2) is 11.5 Å². The summed E-state index contributed by atoms with van der Waals surface area (Å²) in [5, 5.41) is 0.610. The van der Waals surface area contributed by atoms with Crippen LogP contribution in [0.1, 0.15) is 48.6 Å². The van der Waals surface area contributed by atoms with Gasteiger partial charge in [0.25, 0.3) is 0 Å². The van der Waals surface area contributed by atoms with Crippen LogP contribution in [0.4, 0.5) is 11.4 Å². The summed E-state index contributed by atoms with van der Waals surface area (Å²) in [5.74, 6) is 1.29. The van der Waals surface area contributed by atoms with Crippen molar-refractivity contribution in [3.05, 3.63) is 81.9 Å². The van der Waals surface area contributed by atoms with Crippen LogP contribution in [0.3, 0.4) is 0 Å². The molecule has 4 rings (SSSR count). The molecule has 3 aromatic carbocycles. The number of carbonyl (C=O) groups is 1. The van der Waals surface area contributed by atoms with E-state index in [1.807, 2.05) is 85.4 Å². The van der Waals surface area contributed by atoms with E-state index in [0.29, 0.717) is 23.1 Å². The smallest absolute Gasteiger partial charge is 0.232 e. The fourth-order valence-electron chi connectivity index (χ4n) is 4.64. The Labute approximate surface area is 218 Å². The molecule has 0 saturated heterocycles. The van der Waals surface area contributed by atoms with Gasteiger partial charge in [0.1, 0.15) is 0 Å². The molecule has 0 aliphatic carbocycles. The monoisotopic (exact) mass is 507 g/mol. The topological polar surface area (TPSA) is 68.0 Å². The van der Waals surface area contributed by atoms with Crippen LogP contribution < -0.4 is 25.0 Å². The highest BCUT2D eigenvalue weighted by Crippen LogP contribution is 2.45. The molecule has 1 heterocycles. The molecule has 1 aliphatic rings. The lowest BCUT2D eigenvalue weighted by molar-refractivity contribution is -0.118. The molecule has 2 atom stereocenters. The van der Waals surface area contributed by atoms with Crippen LogP contribution in [0, 0.1) is 0 Å². The number of halogens is 1. The van der Waals surface area contributed by atoms with Crippen molar-refractivity contribution < 1.29 is 14.3 Å². The van der Waals surface area contributed by atoms with Crippen molar-refractivity contribution >= 4 is 28.9 Å². The average molecular weight is 508 g/mol. The van der Waals surface area contributed by atoms with Crippen LogP contribution in [-0.2, 0) is 17.8 Å². The second-order valence-electron chi connectivity index (χ2n) is 9.34. The SMILES string of the molecule is CCC(C)Oc1cc2c(cc1OC)CC(=O)N(c1ccc(N(C)C)cc1)C2c1ccc(Cl)cc1CN. The Morgan fingerprint density at radius 1 is 1.08 bits per heavy atom. The van der Waals surface area contributed by atoms with Crippen molar-refractivity contribution in [2.45, 2.75) is 45.4 Å². The molecule has 6 nitrogen and oxygen atoms in total. The Bertz CT molecular complexity index is 1240. The summed E-state index contributed by atoms with van der Waals surface area (Å²) in [4.78, 5) is 17.6. The summed E-state index contributed by atoms with van der Waals surface area (Å²) in [6, 6.07) is 17.3. The normalized spacial score (nSPS) is 15.9. The van der Waals surface area contributed by atoms with Crippen molar-refractivity contribution in [2.75, 3.05) is 31.0 Å². The Morgan fingerprint density at radius 2 is 1.81 bits per heavy atom. The Balaban J connectivity index is 1.94. The number of hydrogen-bond donors (Lipinski definition) is 1. The van der Waals surface area contributed by atoms with E-state index in [1.54, 1.807) is 7.11 Å². The number of methoxy groups -OCH3 is 1. The second kappa shape index (κ2) is 10.8. The number of amides is 1. The van der Waals surface area contributed by atoms with E-state index < -0.39 is 6.04 Å². The molecule has 2 N–H and O–H groups in total. The molecular formula is C29H34ClN3O3. The molecule has 0 fully saturated rings. The number of nitrogens with two attached hydrogens (primary N) is 1. The van der Waals surface area contributed by atoms with E-state index in [1.165, 1.54) is 0 Å². The summed E-state index contributed by atoms with van der Waals surface area (Å²) < 4.78 is 11.9. The molecule has 0 spiro atoms. The zero-order valence-electron chi connectivity index (χ0n) is 21.5. The summed E-state index contributed by atoms with van der Waals surface area (Å²) in [6.07, 6.45) is 1.14. The van der Waals surface area contributed by atoms with Crippen LogP contribution in [-0.4, -0.2) is 33.2 Å². The van der Waals surface area contributed by atoms with E-state index >= 15 is 0 Å². The number of nitrogens with zero attached hydrogens (tertiary/aromatic N) is 2. The maximum atomic E-state index is 13.7. The number of carbonyl (C=O) groups excluding carboxylic acids is 1. The van der Waals surface area contributed by atoms with Gasteiger partial charge in [0, 0.05) is 37.0 Å². The van der Waals surface area contributed by atoms with E-state index in [2.05, 4.69) is 6.92 Å². The summed E-state index contributed by atoms with van der Waals surface area (Å²) in [5.41, 5.74) is 11.8. The molecule has 0 bridgehead atoms. The fraction of sp³-hybridized carbons (Fsp3) is 0.345. The standard InChI is InChI=1S/C29H34ClN3O3/c1-6-18(2)36-27-16-25-19(14-26(27)35-5)15-28(34)33(23-10-8-22(9-11-23)32(3)4)29(25)24-12-7-21(30)13-20(24)17-31/h7-14,16,18,29H,6,15,17,31H2,1-5H3. The maximum Gasteiger partial charge on any atom is 0.232 e. The van der Waals surface area contributed by atoms with Gasteiger partial charge >= 0.3 is 0 Å².